The molecule has 13 N–H and O–H groups in total. The molecule has 77 heteroatoms. The van der Waals surface area contributed by atoms with Crippen LogP contribution in [0.5, 0.6) is 0 Å². The van der Waals surface area contributed by atoms with Gasteiger partial charge in [-0.15, -0.1) is 11.6 Å². The van der Waals surface area contributed by atoms with E-state index >= 15 is 0 Å². The van der Waals surface area contributed by atoms with Crippen molar-refractivity contribution in [1.29, 1.82) is 0 Å². The van der Waals surface area contributed by atoms with E-state index in [-0.39, 0.29) is 0 Å². The Morgan fingerprint density at radius 1 is 0.195 bits per heavy atom. The van der Waals surface area contributed by atoms with Gasteiger partial charge in [0, 0.05) is 0 Å². The Hall–Kier alpha value is -1.96. The van der Waals surface area contributed by atoms with Crippen molar-refractivity contribution < 1.29 is 265 Å². The second-order valence-corrected chi connectivity index (χ2v) is 29.4. The first-order valence-electron chi connectivity index (χ1n) is 13.6. The summed E-state index contributed by atoms with van der Waals surface area (Å²) < 4.78 is 415. The second-order valence-electron chi connectivity index (χ2n) is 9.26. The molecule has 0 radical (unpaired) electrons. The summed E-state index contributed by atoms with van der Waals surface area (Å²) in [5.41, 5.74) is 0. The molecule has 0 fully saturated rings. The summed E-state index contributed by atoms with van der Waals surface area (Å²) >= 11 is 0. The zero-order valence-corrected chi connectivity index (χ0v) is 50.0. The van der Waals surface area contributed by atoms with Gasteiger partial charge in [0.25, 0.3) is 50.6 Å². The van der Waals surface area contributed by atoms with Crippen LogP contribution in [-0.2, 0) is 232 Å². The molecule has 0 unspecified atom stereocenters. The van der Waals surface area contributed by atoms with E-state index in [0.717, 1.165) is 6.26 Å². The minimum absolute atomic E-state index is 0.362. The average Bonchev–Trinajstić information content (AvgIpc) is 3.15. The Kier molecular flexibility index (Phi) is 48.0. The lowest BCUT2D eigenvalue weighted by Crippen LogP contribution is -2.17. The van der Waals surface area contributed by atoms with E-state index < -0.39 is 165 Å². The van der Waals surface area contributed by atoms with Gasteiger partial charge in [-0.05, 0) is 0 Å². The van der Waals surface area contributed by atoms with E-state index in [4.69, 9.17) is 71.8 Å². The fourth-order valence-electron chi connectivity index (χ4n) is 0.870. The molecule has 0 atom stereocenters. The summed E-state index contributed by atoms with van der Waals surface area (Å²) in [4.78, 5) is 0. The van der Waals surface area contributed by atoms with Gasteiger partial charge in [-0.1, -0.05) is 54.9 Å². The number of hydrogen-bond donors (Lipinski definition) is 13. The van der Waals surface area contributed by atoms with Crippen molar-refractivity contribution in [2.24, 2.45) is 0 Å². The molecule has 0 bridgehead atoms. The largest absolute Gasteiger partial charge is 0.444 e. The predicted molar refractivity (Wildman–Crippen MR) is 224 cm³/mol. The van der Waals surface area contributed by atoms with Gasteiger partial charge in [0.05, 0.1) is 31.3 Å². The topological polar surface area (TPSA) is 957 Å². The highest BCUT2D eigenvalue weighted by Crippen LogP contribution is 2.05. The fourth-order valence-corrected chi connectivity index (χ4v) is 7.83. The summed E-state index contributed by atoms with van der Waals surface area (Å²) in [6.45, 7) is 0. The Labute approximate surface area is 457 Å². The highest BCUT2D eigenvalue weighted by Gasteiger charge is 2.26. The molecule has 0 saturated heterocycles. The Morgan fingerprint density at radius 3 is 0.512 bits per heavy atom. The van der Waals surface area contributed by atoms with E-state index in [1.54, 1.807) is 0 Å². The first kappa shape index (κ1) is 99.1. The van der Waals surface area contributed by atoms with Crippen LogP contribution >= 0.6 is 0 Å². The molecule has 0 rings (SSSR count). The van der Waals surface area contributed by atoms with Crippen LogP contribution in [0, 0.1) is 0 Å². The summed E-state index contributed by atoms with van der Waals surface area (Å²) in [6, 6.07) is 0. The molecule has 510 valence electrons. The van der Waals surface area contributed by atoms with Crippen LogP contribution in [0.15, 0.2) is 0 Å². The zero-order chi connectivity index (χ0) is 69.3. The van der Waals surface area contributed by atoms with Gasteiger partial charge in [-0.3, -0.25) is 42.4 Å². The standard InChI is InChI=1S/2CH4O10S3.2CH4O7S2.CH4O4S.2H2O8S2.H2O5S.H2O2/c1-12(2,3)11-14(7,8)10-9-13(4,5)6;1-12(2,3)9-10-14(7,8)11-13(4,5)6;1-9(2,3)7-8-10(4,5)6;1-9(3,4)8-10(5,6)7-2;1-6(3,4)5-2;1-9(2,3)7-8-10(4,5)6;1-7-10(5,6)8-9(2,3)4;1-5-6(2,3)4;1-2/h2*1H3,(H,4,5,6);1H3,(H,4,5,6);2H,1H3;2H,1H3;(H,1,2,3)(H,4,5,6);1H,(H,2,3,4);1H,(H,2,3,4);1-2H. The van der Waals surface area contributed by atoms with Gasteiger partial charge < -0.3 is 0 Å². The van der Waals surface area contributed by atoms with Gasteiger partial charge in [-0.2, -0.15) is 135 Å². The maximum atomic E-state index is 10.4. The fraction of sp³-hybridized carbons (Fsp3) is 1.00. The van der Waals surface area contributed by atoms with Gasteiger partial charge in [0.15, 0.2) is 0 Å². The Bertz CT molecular complexity index is 3440. The summed E-state index contributed by atoms with van der Waals surface area (Å²) in [5, 5.41) is 41.2. The van der Waals surface area contributed by atoms with Gasteiger partial charge in [0.1, 0.15) is 0 Å². The van der Waals surface area contributed by atoms with E-state index in [1.807, 2.05) is 0 Å². The van der Waals surface area contributed by atoms with Crippen LogP contribution < -0.4 is 0 Å². The quantitative estimate of drug-likeness (QED) is 0.0242. The van der Waals surface area contributed by atoms with Crippen molar-refractivity contribution in [3.8, 4) is 0 Å². The highest BCUT2D eigenvalue weighted by molar-refractivity contribution is 7.98. The van der Waals surface area contributed by atoms with Crippen molar-refractivity contribution in [1.82, 2.24) is 0 Å². The molecule has 0 aliphatic heterocycles. The molecule has 0 aliphatic carbocycles. The van der Waals surface area contributed by atoms with Crippen LogP contribution in [0.1, 0.15) is 0 Å². The molecular weight excluding hydrogens is 1550 g/mol. The van der Waals surface area contributed by atoms with Crippen LogP contribution in [0.25, 0.3) is 0 Å². The smallest absolute Gasteiger partial charge is 0.263 e. The van der Waals surface area contributed by atoms with Gasteiger partial charge in [0.2, 0.25) is 0 Å². The van der Waals surface area contributed by atoms with Crippen molar-refractivity contribution in [2.45, 2.75) is 0 Å². The summed E-state index contributed by atoms with van der Waals surface area (Å²) in [6.07, 6.45) is 2.58. The van der Waals surface area contributed by atoms with Gasteiger partial charge in [-0.25, -0.2) is 21.0 Å². The molecule has 0 aromatic carbocycles. The second kappa shape index (κ2) is 39.8. The van der Waals surface area contributed by atoms with E-state index in [2.05, 4.69) is 66.5 Å². The maximum absolute atomic E-state index is 10.4. The van der Waals surface area contributed by atoms with Crippen molar-refractivity contribution >= 4 is 165 Å². The lowest BCUT2D eigenvalue weighted by Gasteiger charge is -1.99. The zero-order valence-electron chi connectivity index (χ0n) is 36.9. The predicted octanol–water partition coefficient (Wildman–Crippen LogP) is -10.9. The minimum Gasteiger partial charge on any atom is -0.263 e. The minimum atomic E-state index is -5.34. The number of hydrogen-bond acceptors (Lipinski definition) is 54. The number of rotatable bonds is 24. The molecule has 0 heterocycles. The maximum Gasteiger partial charge on any atom is 0.444 e. The monoisotopic (exact) mass is 1580 g/mol. The molecule has 0 amide bonds. The Morgan fingerprint density at radius 2 is 0.366 bits per heavy atom. The van der Waals surface area contributed by atoms with Crippen molar-refractivity contribution in [3.63, 3.8) is 0 Å². The molecule has 0 spiro atoms. The van der Waals surface area contributed by atoms with Crippen LogP contribution in [0.2, 0.25) is 0 Å². The average molecular weight is 1580 g/mol. The third-order valence-electron chi connectivity index (χ3n) is 2.03. The van der Waals surface area contributed by atoms with Gasteiger partial charge >= 0.3 is 114 Å². The Balaban J connectivity index is -0.000000107. The van der Waals surface area contributed by atoms with Crippen molar-refractivity contribution in [3.05, 3.63) is 0 Å². The molecule has 61 nitrogen and oxygen atoms in total. The SMILES string of the molecule is CS(=O)(=O)OO.CS(=O)(=O)OOS(=O)(=O)O.CS(=O)(=O)OOS(=O)(=O)OS(=O)(=O)O.CS(=O)(=O)OS(=O)(=O)OO.CS(=O)(=O)OS(=O)(=O)OOS(=O)(=O)O.O=S(=O)(O)OO.O=S(=O)(O)OOS(=O)(=O)O.O=S(=O)(O)OS(=O)(=O)OO.OO. The molecular formula is C5H28O61S16. The van der Waals surface area contributed by atoms with E-state index in [9.17, 15) is 126 Å². The molecule has 0 aromatic rings. The van der Waals surface area contributed by atoms with E-state index in [1.165, 1.54) is 0 Å². The normalized spacial score (nSPS) is 13.1. The molecule has 0 aliphatic rings. The first-order valence-corrected chi connectivity index (χ1v) is 37.6. The molecule has 82 heavy (non-hydrogen) atoms. The molecule has 0 saturated carbocycles. The van der Waals surface area contributed by atoms with Crippen LogP contribution in [0.4, 0.5) is 0 Å². The highest BCUT2D eigenvalue weighted by atomic mass is 32.3. The van der Waals surface area contributed by atoms with Crippen LogP contribution in [-0.4, -0.2) is 229 Å². The molecule has 0 aromatic heterocycles. The van der Waals surface area contributed by atoms with Crippen LogP contribution in [0.3, 0.4) is 0 Å². The third kappa shape index (κ3) is 120. The van der Waals surface area contributed by atoms with E-state index in [0.29, 0.717) is 25.0 Å². The lowest BCUT2D eigenvalue weighted by molar-refractivity contribution is -0.176. The summed E-state index contributed by atoms with van der Waals surface area (Å²) in [5.74, 6) is 0. The first-order chi connectivity index (χ1) is 34.9. The lowest BCUT2D eigenvalue weighted by atomic mass is 12.0. The van der Waals surface area contributed by atoms with Crippen molar-refractivity contribution in [2.75, 3.05) is 31.3 Å². The summed E-state index contributed by atoms with van der Waals surface area (Å²) in [7, 11) is -76.1. The third-order valence-corrected chi connectivity index (χ3v) is 11.3.